The number of benzene rings is 1. The molecular formula is C17H15ClN2O5. The minimum absolute atomic E-state index is 0.0149. The second kappa shape index (κ2) is 8.16. The maximum absolute atomic E-state index is 12.3. The number of rotatable bonds is 6. The van der Waals surface area contributed by atoms with Crippen molar-refractivity contribution < 1.29 is 23.9 Å². The van der Waals surface area contributed by atoms with Crippen LogP contribution in [0.5, 0.6) is 0 Å². The van der Waals surface area contributed by atoms with E-state index < -0.39 is 23.8 Å². The van der Waals surface area contributed by atoms with Crippen molar-refractivity contribution in [2.45, 2.75) is 13.0 Å². The minimum Gasteiger partial charge on any atom is -0.480 e. The van der Waals surface area contributed by atoms with E-state index in [1.165, 1.54) is 31.4 Å². The molecule has 0 spiro atoms. The third-order valence-electron chi connectivity index (χ3n) is 3.14. The van der Waals surface area contributed by atoms with E-state index in [0.29, 0.717) is 10.6 Å². The lowest BCUT2D eigenvalue weighted by molar-refractivity contribution is -0.140. The van der Waals surface area contributed by atoms with Crippen molar-refractivity contribution >= 4 is 35.5 Å². The van der Waals surface area contributed by atoms with E-state index in [0.717, 1.165) is 0 Å². The molecule has 7 nitrogen and oxygen atoms in total. The molecule has 8 heteroatoms. The second-order valence-corrected chi connectivity index (χ2v) is 5.51. The number of carboxylic acid groups (broad SMARTS) is 1. The first kappa shape index (κ1) is 18.3. The molecule has 0 fully saturated rings. The maximum Gasteiger partial charge on any atom is 0.325 e. The summed E-state index contributed by atoms with van der Waals surface area (Å²) in [5.74, 6) is -2.56. The van der Waals surface area contributed by atoms with Crippen molar-refractivity contribution in [1.29, 1.82) is 0 Å². The van der Waals surface area contributed by atoms with Crippen LogP contribution in [0.25, 0.3) is 6.08 Å². The summed E-state index contributed by atoms with van der Waals surface area (Å²) >= 11 is 5.82. The van der Waals surface area contributed by atoms with Gasteiger partial charge in [-0.15, -0.1) is 0 Å². The highest BCUT2D eigenvalue weighted by Gasteiger charge is 2.20. The molecule has 1 unspecified atom stereocenters. The first-order chi connectivity index (χ1) is 11.9. The van der Waals surface area contributed by atoms with E-state index in [2.05, 4.69) is 10.6 Å². The molecule has 130 valence electrons. The number of hydrogen-bond donors (Lipinski definition) is 3. The molecule has 0 saturated heterocycles. The van der Waals surface area contributed by atoms with Gasteiger partial charge >= 0.3 is 5.97 Å². The van der Waals surface area contributed by atoms with Crippen molar-refractivity contribution in [3.05, 3.63) is 64.7 Å². The largest absolute Gasteiger partial charge is 0.480 e. The molecule has 0 aliphatic heterocycles. The Morgan fingerprint density at radius 1 is 1.20 bits per heavy atom. The summed E-state index contributed by atoms with van der Waals surface area (Å²) in [5.41, 5.74) is 0.467. The SMILES string of the molecule is CC(NC(=O)/C(=C\c1ccc(Cl)cc1)NC(=O)c1ccco1)C(=O)O. The Bertz CT molecular complexity index is 797. The fraction of sp³-hybridized carbons (Fsp3) is 0.118. The van der Waals surface area contributed by atoms with Gasteiger partial charge in [0.15, 0.2) is 5.76 Å². The van der Waals surface area contributed by atoms with Crippen LogP contribution in [0, 0.1) is 0 Å². The molecule has 1 aromatic heterocycles. The zero-order valence-corrected chi connectivity index (χ0v) is 13.9. The summed E-state index contributed by atoms with van der Waals surface area (Å²) in [7, 11) is 0. The Labute approximate surface area is 148 Å². The lowest BCUT2D eigenvalue weighted by atomic mass is 10.1. The fourth-order valence-corrected chi connectivity index (χ4v) is 1.94. The van der Waals surface area contributed by atoms with Gasteiger partial charge in [0.05, 0.1) is 6.26 Å². The zero-order chi connectivity index (χ0) is 18.4. The predicted octanol–water partition coefficient (Wildman–Crippen LogP) is 2.29. The molecule has 0 saturated carbocycles. The average Bonchev–Trinajstić information content (AvgIpc) is 3.10. The maximum atomic E-state index is 12.3. The lowest BCUT2D eigenvalue weighted by Crippen LogP contribution is -2.42. The van der Waals surface area contributed by atoms with E-state index in [9.17, 15) is 14.4 Å². The van der Waals surface area contributed by atoms with Gasteiger partial charge in [0.1, 0.15) is 11.7 Å². The molecule has 2 amide bonds. The van der Waals surface area contributed by atoms with Gasteiger partial charge in [0.2, 0.25) is 0 Å². The molecule has 1 aromatic carbocycles. The Morgan fingerprint density at radius 2 is 1.88 bits per heavy atom. The van der Waals surface area contributed by atoms with Gasteiger partial charge < -0.3 is 20.2 Å². The van der Waals surface area contributed by atoms with Crippen LogP contribution < -0.4 is 10.6 Å². The van der Waals surface area contributed by atoms with Crippen LogP contribution in [0.2, 0.25) is 5.02 Å². The molecule has 1 heterocycles. The Balaban J connectivity index is 2.26. The van der Waals surface area contributed by atoms with Gasteiger partial charge in [-0.25, -0.2) is 0 Å². The highest BCUT2D eigenvalue weighted by molar-refractivity contribution is 6.30. The molecule has 25 heavy (non-hydrogen) atoms. The van der Waals surface area contributed by atoms with Gasteiger partial charge in [0.25, 0.3) is 11.8 Å². The fourth-order valence-electron chi connectivity index (χ4n) is 1.81. The Hall–Kier alpha value is -3.06. The molecule has 2 rings (SSSR count). The molecular weight excluding hydrogens is 348 g/mol. The van der Waals surface area contributed by atoms with Crippen LogP contribution in [0.1, 0.15) is 23.0 Å². The van der Waals surface area contributed by atoms with Crippen LogP contribution in [0.15, 0.2) is 52.8 Å². The standard InChI is InChI=1S/C17H15ClN2O5/c1-10(17(23)24)19-15(21)13(9-11-4-6-12(18)7-5-11)20-16(22)14-3-2-8-25-14/h2-10H,1H3,(H,19,21)(H,20,22)(H,23,24)/b13-9+. The van der Waals surface area contributed by atoms with Crippen LogP contribution >= 0.6 is 11.6 Å². The molecule has 0 aliphatic carbocycles. The highest BCUT2D eigenvalue weighted by Crippen LogP contribution is 2.12. The number of carbonyl (C=O) groups excluding carboxylic acids is 2. The normalized spacial score (nSPS) is 12.3. The zero-order valence-electron chi connectivity index (χ0n) is 13.2. The van der Waals surface area contributed by atoms with Crippen LogP contribution in [0.4, 0.5) is 0 Å². The first-order valence-electron chi connectivity index (χ1n) is 7.22. The number of furan rings is 1. The summed E-state index contributed by atoms with van der Waals surface area (Å²) in [6.07, 6.45) is 2.73. The van der Waals surface area contributed by atoms with Gasteiger partial charge in [-0.3, -0.25) is 14.4 Å². The highest BCUT2D eigenvalue weighted by atomic mass is 35.5. The Morgan fingerprint density at radius 3 is 2.44 bits per heavy atom. The molecule has 2 aromatic rings. The van der Waals surface area contributed by atoms with Crippen molar-refractivity contribution in [3.63, 3.8) is 0 Å². The van der Waals surface area contributed by atoms with E-state index >= 15 is 0 Å². The Kier molecular flexibility index (Phi) is 5.97. The number of amides is 2. The summed E-state index contributed by atoms with van der Waals surface area (Å²) in [4.78, 5) is 35.4. The summed E-state index contributed by atoms with van der Waals surface area (Å²) in [6, 6.07) is 8.39. The smallest absolute Gasteiger partial charge is 0.325 e. The van der Waals surface area contributed by atoms with Gasteiger partial charge in [-0.2, -0.15) is 0 Å². The van der Waals surface area contributed by atoms with Crippen LogP contribution in [-0.4, -0.2) is 28.9 Å². The van der Waals surface area contributed by atoms with E-state index in [-0.39, 0.29) is 11.5 Å². The number of aliphatic carboxylic acids is 1. The third kappa shape index (κ3) is 5.22. The quantitative estimate of drug-likeness (QED) is 0.683. The number of carbonyl (C=O) groups is 3. The van der Waals surface area contributed by atoms with Crippen molar-refractivity contribution in [2.24, 2.45) is 0 Å². The summed E-state index contributed by atoms with van der Waals surface area (Å²) < 4.78 is 4.98. The number of nitrogens with one attached hydrogen (secondary N) is 2. The van der Waals surface area contributed by atoms with Crippen molar-refractivity contribution in [2.75, 3.05) is 0 Å². The van der Waals surface area contributed by atoms with E-state index in [1.54, 1.807) is 24.3 Å². The van der Waals surface area contributed by atoms with Crippen molar-refractivity contribution in [1.82, 2.24) is 10.6 Å². The van der Waals surface area contributed by atoms with Crippen LogP contribution in [0.3, 0.4) is 0 Å². The number of halogens is 1. The van der Waals surface area contributed by atoms with Gasteiger partial charge in [0, 0.05) is 5.02 Å². The lowest BCUT2D eigenvalue weighted by Gasteiger charge is -2.13. The molecule has 0 aliphatic rings. The monoisotopic (exact) mass is 362 g/mol. The van der Waals surface area contributed by atoms with E-state index in [1.807, 2.05) is 0 Å². The molecule has 1 atom stereocenters. The predicted molar refractivity (Wildman–Crippen MR) is 90.8 cm³/mol. The molecule has 3 N–H and O–H groups in total. The van der Waals surface area contributed by atoms with Gasteiger partial charge in [-0.1, -0.05) is 23.7 Å². The van der Waals surface area contributed by atoms with Crippen molar-refractivity contribution in [3.8, 4) is 0 Å². The molecule has 0 bridgehead atoms. The second-order valence-electron chi connectivity index (χ2n) is 5.07. The third-order valence-corrected chi connectivity index (χ3v) is 3.39. The summed E-state index contributed by atoms with van der Waals surface area (Å²) in [5, 5.41) is 14.1. The number of carboxylic acids is 1. The first-order valence-corrected chi connectivity index (χ1v) is 7.60. The van der Waals surface area contributed by atoms with Crippen LogP contribution in [-0.2, 0) is 9.59 Å². The topological polar surface area (TPSA) is 109 Å². The number of hydrogen-bond acceptors (Lipinski definition) is 4. The molecule has 0 radical (unpaired) electrons. The minimum atomic E-state index is -1.20. The van der Waals surface area contributed by atoms with Gasteiger partial charge in [-0.05, 0) is 42.8 Å². The average molecular weight is 363 g/mol. The summed E-state index contributed by atoms with van der Waals surface area (Å²) in [6.45, 7) is 1.31. The van der Waals surface area contributed by atoms with E-state index in [4.69, 9.17) is 21.1 Å².